The topological polar surface area (TPSA) is 100 Å². The molecule has 1 aliphatic rings. The maximum Gasteiger partial charge on any atom is 0.273 e. The normalized spacial score (nSPS) is 14.8. The molecule has 8 heteroatoms. The van der Waals surface area contributed by atoms with Gasteiger partial charge in [-0.15, -0.1) is 10.2 Å². The Balaban J connectivity index is 1.40. The highest BCUT2D eigenvalue weighted by molar-refractivity contribution is 5.76. The third-order valence-electron chi connectivity index (χ3n) is 4.48. The van der Waals surface area contributed by atoms with E-state index in [4.69, 9.17) is 4.74 Å². The Morgan fingerprint density at radius 2 is 1.96 bits per heavy atom. The summed E-state index contributed by atoms with van der Waals surface area (Å²) >= 11 is 0. The number of H-pyrrole nitrogens is 1. The van der Waals surface area contributed by atoms with Crippen LogP contribution in [0.15, 0.2) is 35.1 Å². The number of morpholine rings is 1. The van der Waals surface area contributed by atoms with Crippen LogP contribution in [0.1, 0.15) is 18.5 Å². The largest absolute Gasteiger partial charge is 0.379 e. The lowest BCUT2D eigenvalue weighted by Gasteiger charge is -2.26. The first-order valence-electron chi connectivity index (χ1n) is 9.30. The Morgan fingerprint density at radius 1 is 1.19 bits per heavy atom. The molecule has 2 N–H and O–H groups in total. The minimum atomic E-state index is -0.302. The van der Waals surface area contributed by atoms with Crippen LogP contribution in [0.5, 0.6) is 0 Å². The minimum Gasteiger partial charge on any atom is -0.379 e. The fraction of sp³-hybridized carbons (Fsp3) is 0.474. The molecule has 3 rings (SSSR count). The molecule has 0 radical (unpaired) electrons. The standard InChI is InChI=1S/C19H25N5O3/c25-17(20-9-4-10-24-11-13-27-14-12-24)8-7-16-19(26)21-18(23-22-16)15-5-2-1-3-6-15/h1-3,5-6H,4,7-14H2,(H,20,25)(H,21,23,26). The summed E-state index contributed by atoms with van der Waals surface area (Å²) < 4.78 is 5.31. The van der Waals surface area contributed by atoms with Gasteiger partial charge in [0.1, 0.15) is 5.69 Å². The Labute approximate surface area is 158 Å². The van der Waals surface area contributed by atoms with Gasteiger partial charge >= 0.3 is 0 Å². The van der Waals surface area contributed by atoms with Crippen LogP contribution in [0.25, 0.3) is 11.4 Å². The molecular weight excluding hydrogens is 346 g/mol. The monoisotopic (exact) mass is 371 g/mol. The predicted molar refractivity (Wildman–Crippen MR) is 101 cm³/mol. The predicted octanol–water partition coefficient (Wildman–Crippen LogP) is 0.603. The number of aromatic amines is 1. The van der Waals surface area contributed by atoms with Gasteiger partial charge in [0.15, 0.2) is 5.82 Å². The molecule has 0 unspecified atom stereocenters. The van der Waals surface area contributed by atoms with E-state index in [0.717, 1.165) is 44.8 Å². The maximum absolute atomic E-state index is 12.2. The first-order valence-corrected chi connectivity index (χ1v) is 9.30. The number of carbonyl (C=O) groups excluding carboxylic acids is 1. The second kappa shape index (κ2) is 9.94. The zero-order valence-corrected chi connectivity index (χ0v) is 15.3. The number of aryl methyl sites for hydroxylation is 1. The lowest BCUT2D eigenvalue weighted by molar-refractivity contribution is -0.121. The number of ether oxygens (including phenoxy) is 1. The van der Waals surface area contributed by atoms with Gasteiger partial charge in [-0.1, -0.05) is 30.3 Å². The molecule has 2 heterocycles. The second-order valence-corrected chi connectivity index (χ2v) is 6.47. The number of rotatable bonds is 8. The van der Waals surface area contributed by atoms with Crippen LogP contribution >= 0.6 is 0 Å². The van der Waals surface area contributed by atoms with Crippen molar-refractivity contribution in [2.75, 3.05) is 39.4 Å². The van der Waals surface area contributed by atoms with Crippen molar-refractivity contribution < 1.29 is 9.53 Å². The number of hydrogen-bond acceptors (Lipinski definition) is 6. The smallest absolute Gasteiger partial charge is 0.273 e. The van der Waals surface area contributed by atoms with Crippen molar-refractivity contribution in [3.05, 3.63) is 46.4 Å². The second-order valence-electron chi connectivity index (χ2n) is 6.47. The van der Waals surface area contributed by atoms with Crippen molar-refractivity contribution in [3.63, 3.8) is 0 Å². The van der Waals surface area contributed by atoms with E-state index in [1.165, 1.54) is 0 Å². The summed E-state index contributed by atoms with van der Waals surface area (Å²) in [5.74, 6) is 0.349. The highest BCUT2D eigenvalue weighted by atomic mass is 16.5. The summed E-state index contributed by atoms with van der Waals surface area (Å²) in [4.78, 5) is 29.2. The average molecular weight is 371 g/mol. The lowest BCUT2D eigenvalue weighted by atomic mass is 10.2. The van der Waals surface area contributed by atoms with Crippen molar-refractivity contribution in [1.29, 1.82) is 0 Å². The van der Waals surface area contributed by atoms with Gasteiger partial charge in [0, 0.05) is 38.0 Å². The van der Waals surface area contributed by atoms with Crippen molar-refractivity contribution in [1.82, 2.24) is 25.4 Å². The van der Waals surface area contributed by atoms with Crippen LogP contribution in [0.4, 0.5) is 0 Å². The summed E-state index contributed by atoms with van der Waals surface area (Å²) in [6, 6.07) is 9.33. The molecule has 8 nitrogen and oxygen atoms in total. The summed E-state index contributed by atoms with van der Waals surface area (Å²) in [5, 5.41) is 10.9. The van der Waals surface area contributed by atoms with E-state index in [-0.39, 0.29) is 30.0 Å². The van der Waals surface area contributed by atoms with Crippen LogP contribution in [0.3, 0.4) is 0 Å². The lowest BCUT2D eigenvalue weighted by Crippen LogP contribution is -2.38. The molecule has 1 fully saturated rings. The van der Waals surface area contributed by atoms with Gasteiger partial charge < -0.3 is 15.0 Å². The van der Waals surface area contributed by atoms with Gasteiger partial charge in [0.2, 0.25) is 5.91 Å². The summed E-state index contributed by atoms with van der Waals surface area (Å²) in [7, 11) is 0. The number of hydrogen-bond donors (Lipinski definition) is 2. The molecule has 1 saturated heterocycles. The quantitative estimate of drug-likeness (QED) is 0.659. The van der Waals surface area contributed by atoms with Crippen molar-refractivity contribution in [2.45, 2.75) is 19.3 Å². The van der Waals surface area contributed by atoms with Gasteiger partial charge in [-0.3, -0.25) is 14.5 Å². The number of nitrogens with one attached hydrogen (secondary N) is 2. The van der Waals surface area contributed by atoms with Crippen LogP contribution in [0, 0.1) is 0 Å². The number of carbonyl (C=O) groups is 1. The Morgan fingerprint density at radius 3 is 2.70 bits per heavy atom. The third kappa shape index (κ3) is 5.97. The summed E-state index contributed by atoms with van der Waals surface area (Å²) in [6.45, 7) is 5.06. The van der Waals surface area contributed by atoms with E-state index in [9.17, 15) is 9.59 Å². The van der Waals surface area contributed by atoms with E-state index in [1.807, 2.05) is 30.3 Å². The molecule has 0 aliphatic carbocycles. The molecule has 2 aromatic rings. The molecule has 144 valence electrons. The van der Waals surface area contributed by atoms with Crippen molar-refractivity contribution in [2.24, 2.45) is 0 Å². The number of nitrogens with zero attached hydrogens (tertiary/aromatic N) is 3. The Bertz CT molecular complexity index is 787. The molecule has 0 bridgehead atoms. The van der Waals surface area contributed by atoms with E-state index in [1.54, 1.807) is 0 Å². The zero-order chi connectivity index (χ0) is 18.9. The van der Waals surface area contributed by atoms with Gasteiger partial charge in [-0.25, -0.2) is 0 Å². The van der Waals surface area contributed by atoms with Crippen LogP contribution in [-0.4, -0.2) is 65.4 Å². The number of benzene rings is 1. The molecule has 1 aliphatic heterocycles. The zero-order valence-electron chi connectivity index (χ0n) is 15.3. The van der Waals surface area contributed by atoms with Crippen molar-refractivity contribution >= 4 is 5.91 Å². The number of aromatic nitrogens is 3. The molecule has 0 saturated carbocycles. The first kappa shape index (κ1) is 19.2. The van der Waals surface area contributed by atoms with E-state index >= 15 is 0 Å². The number of amides is 1. The summed E-state index contributed by atoms with van der Waals surface area (Å²) in [5.41, 5.74) is 0.772. The van der Waals surface area contributed by atoms with Crippen molar-refractivity contribution in [3.8, 4) is 11.4 Å². The molecule has 27 heavy (non-hydrogen) atoms. The van der Waals surface area contributed by atoms with Crippen LogP contribution < -0.4 is 10.9 Å². The molecule has 1 aromatic carbocycles. The van der Waals surface area contributed by atoms with Gasteiger partial charge in [0.05, 0.1) is 13.2 Å². The Hall–Kier alpha value is -2.58. The van der Waals surface area contributed by atoms with Crippen LogP contribution in [0.2, 0.25) is 0 Å². The fourth-order valence-electron chi connectivity index (χ4n) is 2.93. The van der Waals surface area contributed by atoms with Gasteiger partial charge in [-0.2, -0.15) is 0 Å². The third-order valence-corrected chi connectivity index (χ3v) is 4.48. The minimum absolute atomic E-state index is 0.0784. The highest BCUT2D eigenvalue weighted by Crippen LogP contribution is 2.10. The van der Waals surface area contributed by atoms with Gasteiger partial charge in [-0.05, 0) is 13.0 Å². The summed E-state index contributed by atoms with van der Waals surface area (Å²) in [6.07, 6.45) is 1.39. The maximum atomic E-state index is 12.2. The van der Waals surface area contributed by atoms with Gasteiger partial charge in [0.25, 0.3) is 5.56 Å². The van der Waals surface area contributed by atoms with E-state index in [0.29, 0.717) is 12.4 Å². The molecule has 1 amide bonds. The fourth-order valence-corrected chi connectivity index (χ4v) is 2.93. The molecule has 1 aromatic heterocycles. The van der Waals surface area contributed by atoms with Crippen LogP contribution in [-0.2, 0) is 16.0 Å². The average Bonchev–Trinajstić information content (AvgIpc) is 2.72. The molecule has 0 atom stereocenters. The SMILES string of the molecule is O=C(CCc1nnc(-c2ccccc2)[nH]c1=O)NCCCN1CCOCC1. The first-order chi connectivity index (χ1) is 13.2. The Kier molecular flexibility index (Phi) is 7.06. The van der Waals surface area contributed by atoms with E-state index < -0.39 is 0 Å². The van der Waals surface area contributed by atoms with E-state index in [2.05, 4.69) is 25.4 Å². The highest BCUT2D eigenvalue weighted by Gasteiger charge is 2.11. The molecule has 0 spiro atoms. The molecular formula is C19H25N5O3.